The molecule has 1 amide bonds. The Morgan fingerprint density at radius 2 is 2.12 bits per heavy atom. The van der Waals surface area contributed by atoms with Gasteiger partial charge in [0.05, 0.1) is 21.4 Å². The monoisotopic (exact) mass is 461 g/mol. The Hall–Kier alpha value is -3.23. The molecule has 1 N–H and O–H groups in total. The summed E-state index contributed by atoms with van der Waals surface area (Å²) in [6.07, 6.45) is 6.49. The number of thiazole rings is 1. The van der Waals surface area contributed by atoms with E-state index in [2.05, 4.69) is 39.1 Å². The molecule has 3 heterocycles. The standard InChI is InChI=1S/C24H23N5OS2/c1-3-6-18(8-5-12-31)27-24(30)20-14-21(17-10-11-19-22(13-17)32-15-25-19)29(28-20)23-9-4-7-16(2)26-23/h4-11,13-15,31H,3,12H2,1-2H3,(H,27,30)/b8-5-,18-6+. The quantitative estimate of drug-likeness (QED) is 0.287. The van der Waals surface area contributed by atoms with E-state index in [1.807, 2.05) is 67.9 Å². The molecule has 3 aromatic heterocycles. The van der Waals surface area contributed by atoms with Gasteiger partial charge in [0.2, 0.25) is 0 Å². The molecular weight excluding hydrogens is 438 g/mol. The minimum absolute atomic E-state index is 0.278. The fourth-order valence-corrected chi connectivity index (χ4v) is 4.11. The lowest BCUT2D eigenvalue weighted by Crippen LogP contribution is -2.22. The van der Waals surface area contributed by atoms with Crippen LogP contribution < -0.4 is 5.32 Å². The van der Waals surface area contributed by atoms with Gasteiger partial charge in [-0.1, -0.05) is 31.2 Å². The molecular formula is C24H23N5OS2. The van der Waals surface area contributed by atoms with E-state index in [0.29, 0.717) is 17.3 Å². The lowest BCUT2D eigenvalue weighted by molar-refractivity contribution is 0.0961. The molecule has 0 saturated carbocycles. The highest BCUT2D eigenvalue weighted by Gasteiger charge is 2.18. The average molecular weight is 462 g/mol. The number of benzene rings is 1. The van der Waals surface area contributed by atoms with Gasteiger partial charge in [0.25, 0.3) is 5.91 Å². The lowest BCUT2D eigenvalue weighted by Gasteiger charge is -2.07. The second-order valence-electron chi connectivity index (χ2n) is 7.11. The molecule has 0 spiro atoms. The van der Waals surface area contributed by atoms with Crippen molar-refractivity contribution in [2.45, 2.75) is 20.3 Å². The van der Waals surface area contributed by atoms with Gasteiger partial charge >= 0.3 is 0 Å². The van der Waals surface area contributed by atoms with Crippen molar-refractivity contribution in [2.75, 3.05) is 5.75 Å². The average Bonchev–Trinajstić information content (AvgIpc) is 3.44. The summed E-state index contributed by atoms with van der Waals surface area (Å²) in [4.78, 5) is 22.0. The number of nitrogens with one attached hydrogen (secondary N) is 1. The Labute approximate surface area is 196 Å². The number of fused-ring (bicyclic) bond motifs is 1. The first-order valence-electron chi connectivity index (χ1n) is 10.3. The largest absolute Gasteiger partial charge is 0.321 e. The van der Waals surface area contributed by atoms with Crippen LogP contribution in [0.25, 0.3) is 27.3 Å². The highest BCUT2D eigenvalue weighted by molar-refractivity contribution is 7.80. The number of amides is 1. The molecule has 0 aliphatic heterocycles. The number of carbonyl (C=O) groups excluding carboxylic acids is 1. The topological polar surface area (TPSA) is 72.7 Å². The smallest absolute Gasteiger partial charge is 0.276 e. The molecule has 0 bridgehead atoms. The van der Waals surface area contributed by atoms with Gasteiger partial charge < -0.3 is 5.32 Å². The Morgan fingerprint density at radius 1 is 1.25 bits per heavy atom. The van der Waals surface area contributed by atoms with E-state index in [-0.39, 0.29) is 5.91 Å². The number of hydrogen-bond donors (Lipinski definition) is 2. The van der Waals surface area contributed by atoms with Crippen molar-refractivity contribution in [3.05, 3.63) is 83.3 Å². The van der Waals surface area contributed by atoms with Crippen LogP contribution in [0.5, 0.6) is 0 Å². The van der Waals surface area contributed by atoms with E-state index in [1.165, 1.54) is 0 Å². The number of aromatic nitrogens is 4. The van der Waals surface area contributed by atoms with Crippen LogP contribution >= 0.6 is 24.0 Å². The number of aryl methyl sites for hydroxylation is 1. The van der Waals surface area contributed by atoms with Gasteiger partial charge in [-0.15, -0.1) is 11.3 Å². The van der Waals surface area contributed by atoms with Gasteiger partial charge in [0.15, 0.2) is 11.5 Å². The minimum Gasteiger partial charge on any atom is -0.321 e. The van der Waals surface area contributed by atoms with Crippen LogP contribution in [-0.2, 0) is 0 Å². The van der Waals surface area contributed by atoms with Gasteiger partial charge in [-0.2, -0.15) is 17.7 Å². The molecule has 1 aromatic carbocycles. The molecule has 162 valence electrons. The predicted octanol–water partition coefficient (Wildman–Crippen LogP) is 5.36. The number of thiol groups is 1. The zero-order valence-electron chi connectivity index (χ0n) is 17.8. The molecule has 32 heavy (non-hydrogen) atoms. The van der Waals surface area contributed by atoms with Crippen molar-refractivity contribution >= 4 is 40.1 Å². The zero-order chi connectivity index (χ0) is 22.5. The molecule has 6 nitrogen and oxygen atoms in total. The van der Waals surface area contributed by atoms with Crippen molar-refractivity contribution in [2.24, 2.45) is 0 Å². The molecule has 0 unspecified atom stereocenters. The molecule has 4 rings (SSSR count). The SMILES string of the molecule is CC/C=C(\C=C/CS)NC(=O)c1cc(-c2ccc3ncsc3c2)n(-c2cccc(C)n2)n1. The van der Waals surface area contributed by atoms with Gasteiger partial charge in [-0.25, -0.2) is 14.6 Å². The predicted molar refractivity (Wildman–Crippen MR) is 134 cm³/mol. The summed E-state index contributed by atoms with van der Waals surface area (Å²) < 4.78 is 2.79. The normalized spacial score (nSPS) is 12.0. The molecule has 0 aliphatic rings. The first-order valence-corrected chi connectivity index (χ1v) is 11.8. The van der Waals surface area contributed by atoms with Crippen molar-refractivity contribution in [1.29, 1.82) is 0 Å². The van der Waals surface area contributed by atoms with Crippen LogP contribution in [0.1, 0.15) is 29.5 Å². The fraction of sp³-hybridized carbons (Fsp3) is 0.167. The number of pyridine rings is 1. The first kappa shape index (κ1) is 22.0. The molecule has 8 heteroatoms. The van der Waals surface area contributed by atoms with Crippen LogP contribution in [0.2, 0.25) is 0 Å². The molecule has 0 atom stereocenters. The molecule has 0 saturated heterocycles. The Kier molecular flexibility index (Phi) is 6.82. The highest BCUT2D eigenvalue weighted by Crippen LogP contribution is 2.28. The Balaban J connectivity index is 1.77. The maximum Gasteiger partial charge on any atom is 0.276 e. The lowest BCUT2D eigenvalue weighted by atomic mass is 10.1. The summed E-state index contributed by atoms with van der Waals surface area (Å²) in [5.74, 6) is 0.970. The molecule has 0 fully saturated rings. The van der Waals surface area contributed by atoms with Gasteiger partial charge in [-0.05, 0) is 49.8 Å². The van der Waals surface area contributed by atoms with Crippen LogP contribution in [0.3, 0.4) is 0 Å². The fourth-order valence-electron chi connectivity index (χ4n) is 3.29. The van der Waals surface area contributed by atoms with Gasteiger partial charge in [-0.3, -0.25) is 4.79 Å². The number of hydrogen-bond acceptors (Lipinski definition) is 6. The summed E-state index contributed by atoms with van der Waals surface area (Å²) in [7, 11) is 0. The summed E-state index contributed by atoms with van der Waals surface area (Å²) in [6.45, 7) is 3.95. The second kappa shape index (κ2) is 9.93. The van der Waals surface area contributed by atoms with Crippen molar-refractivity contribution in [3.63, 3.8) is 0 Å². The van der Waals surface area contributed by atoms with Crippen LogP contribution in [0, 0.1) is 6.92 Å². The van der Waals surface area contributed by atoms with E-state index < -0.39 is 0 Å². The molecule has 0 aliphatic carbocycles. The van der Waals surface area contributed by atoms with Crippen LogP contribution in [0.15, 0.2) is 71.9 Å². The van der Waals surface area contributed by atoms with E-state index >= 15 is 0 Å². The third-order valence-electron chi connectivity index (χ3n) is 4.74. The van der Waals surface area contributed by atoms with Crippen LogP contribution in [0.4, 0.5) is 0 Å². The second-order valence-corrected chi connectivity index (χ2v) is 8.36. The van der Waals surface area contributed by atoms with Crippen molar-refractivity contribution in [1.82, 2.24) is 25.1 Å². The summed E-state index contributed by atoms with van der Waals surface area (Å²) in [5.41, 5.74) is 6.41. The molecule has 0 radical (unpaired) electrons. The summed E-state index contributed by atoms with van der Waals surface area (Å²) in [5, 5.41) is 7.57. The third kappa shape index (κ3) is 4.81. The zero-order valence-corrected chi connectivity index (χ0v) is 19.5. The van der Waals surface area contributed by atoms with E-state index in [0.717, 1.165) is 39.3 Å². The number of carbonyl (C=O) groups is 1. The third-order valence-corrected chi connectivity index (χ3v) is 5.75. The van der Waals surface area contributed by atoms with Crippen molar-refractivity contribution < 1.29 is 4.79 Å². The highest BCUT2D eigenvalue weighted by atomic mass is 32.1. The Bertz CT molecular complexity index is 1320. The minimum atomic E-state index is -0.278. The summed E-state index contributed by atoms with van der Waals surface area (Å²) in [6, 6.07) is 13.6. The number of nitrogens with zero attached hydrogens (tertiary/aromatic N) is 4. The maximum absolute atomic E-state index is 13.1. The Morgan fingerprint density at radius 3 is 2.91 bits per heavy atom. The summed E-state index contributed by atoms with van der Waals surface area (Å²) >= 11 is 5.78. The van der Waals surface area contributed by atoms with Crippen molar-refractivity contribution in [3.8, 4) is 17.1 Å². The number of rotatable bonds is 7. The number of allylic oxidation sites excluding steroid dienone is 2. The van der Waals surface area contributed by atoms with E-state index in [4.69, 9.17) is 0 Å². The van der Waals surface area contributed by atoms with Crippen LogP contribution in [-0.4, -0.2) is 31.4 Å². The molecule has 4 aromatic rings. The van der Waals surface area contributed by atoms with E-state index in [9.17, 15) is 4.79 Å². The van der Waals surface area contributed by atoms with E-state index in [1.54, 1.807) is 22.1 Å². The first-order chi connectivity index (χ1) is 15.6. The maximum atomic E-state index is 13.1. The van der Waals surface area contributed by atoms with Gasteiger partial charge in [0.1, 0.15) is 0 Å². The van der Waals surface area contributed by atoms with Gasteiger partial charge in [0, 0.05) is 22.7 Å².